The van der Waals surface area contributed by atoms with Crippen LogP contribution in [0.1, 0.15) is 48.2 Å². The Morgan fingerprint density at radius 3 is 2.63 bits per heavy atom. The molecule has 0 bridgehead atoms. The third-order valence-electron chi connectivity index (χ3n) is 6.31. The van der Waals surface area contributed by atoms with Gasteiger partial charge in [0.2, 0.25) is 15.9 Å². The predicted molar refractivity (Wildman–Crippen MR) is 128 cm³/mol. The predicted octanol–water partition coefficient (Wildman–Crippen LogP) is 2.74. The van der Waals surface area contributed by atoms with Gasteiger partial charge in [-0.05, 0) is 54.9 Å². The highest BCUT2D eigenvalue weighted by molar-refractivity contribution is 7.89. The first-order valence-corrected chi connectivity index (χ1v) is 13.2. The molecule has 4 N–H and O–H groups in total. The van der Waals surface area contributed by atoms with Gasteiger partial charge in [-0.2, -0.15) is 14.4 Å². The van der Waals surface area contributed by atoms with Crippen molar-refractivity contribution in [3.63, 3.8) is 0 Å². The lowest BCUT2D eigenvalue weighted by molar-refractivity contribution is 0.538. The fourth-order valence-corrected chi connectivity index (χ4v) is 5.31. The lowest BCUT2D eigenvalue weighted by atomic mass is 9.97. The maximum atomic E-state index is 14.0. The molecule has 3 heterocycles. The molecule has 0 saturated carbocycles. The third-order valence-corrected chi connectivity index (χ3v) is 7.17. The number of aryl methyl sites for hydroxylation is 3. The van der Waals surface area contributed by atoms with Crippen LogP contribution in [0.25, 0.3) is 22.6 Å². The van der Waals surface area contributed by atoms with Crippen molar-refractivity contribution in [2.45, 2.75) is 51.5 Å². The minimum absolute atomic E-state index is 0.0244. The molecule has 3 aromatic heterocycles. The van der Waals surface area contributed by atoms with E-state index in [0.717, 1.165) is 30.4 Å². The second-order valence-corrected chi connectivity index (χ2v) is 10.5. The van der Waals surface area contributed by atoms with E-state index >= 15 is 0 Å². The van der Waals surface area contributed by atoms with E-state index < -0.39 is 16.1 Å². The topological polar surface area (TPSA) is 156 Å². The minimum Gasteiger partial charge on any atom is -0.445 e. The van der Waals surface area contributed by atoms with Crippen molar-refractivity contribution in [3.8, 4) is 11.5 Å². The quantitative estimate of drug-likeness (QED) is 0.263. The number of nitrogens with zero attached hydrogens (tertiary/aromatic N) is 5. The molecule has 0 spiro atoms. The monoisotopic (exact) mass is 499 g/mol. The zero-order valence-corrected chi connectivity index (χ0v) is 19.9. The highest BCUT2D eigenvalue weighted by Crippen LogP contribution is 2.33. The molecule has 0 amide bonds. The van der Waals surface area contributed by atoms with Gasteiger partial charge in [0, 0.05) is 18.5 Å². The van der Waals surface area contributed by atoms with Crippen molar-refractivity contribution in [1.82, 2.24) is 24.5 Å². The number of primary sulfonamides is 1. The largest absolute Gasteiger partial charge is 0.445 e. The number of fused-ring (bicyclic) bond motifs is 2. The van der Waals surface area contributed by atoms with Crippen molar-refractivity contribution in [2.24, 2.45) is 5.14 Å². The second kappa shape index (κ2) is 9.34. The fourth-order valence-electron chi connectivity index (χ4n) is 4.71. The highest BCUT2D eigenvalue weighted by atomic mass is 32.2. The molecule has 1 aliphatic carbocycles. The number of oxazole rings is 1. The molecular formula is C23H26FN7O3S. The zero-order chi connectivity index (χ0) is 24.6. The van der Waals surface area contributed by atoms with Crippen LogP contribution in [0, 0.1) is 6.08 Å². The molecule has 12 heteroatoms. The van der Waals surface area contributed by atoms with Crippen molar-refractivity contribution in [2.75, 3.05) is 11.5 Å². The van der Waals surface area contributed by atoms with E-state index in [9.17, 15) is 12.8 Å². The Bertz CT molecular complexity index is 1480. The Kier molecular flexibility index (Phi) is 6.24. The zero-order valence-electron chi connectivity index (χ0n) is 19.1. The highest BCUT2D eigenvalue weighted by Gasteiger charge is 2.22. The lowest BCUT2D eigenvalue weighted by Crippen LogP contribution is -2.16. The summed E-state index contributed by atoms with van der Waals surface area (Å²) in [5.41, 5.74) is 11.1. The molecule has 10 nitrogen and oxygen atoms in total. The van der Waals surface area contributed by atoms with Crippen LogP contribution in [-0.2, 0) is 35.8 Å². The molecule has 1 aromatic carbocycles. The third kappa shape index (κ3) is 5.03. The van der Waals surface area contributed by atoms with Crippen molar-refractivity contribution >= 4 is 27.0 Å². The summed E-state index contributed by atoms with van der Waals surface area (Å²) in [6.07, 6.45) is 7.50. The van der Waals surface area contributed by atoms with Gasteiger partial charge in [-0.25, -0.2) is 23.5 Å². The number of anilines is 1. The van der Waals surface area contributed by atoms with E-state index in [1.54, 1.807) is 12.5 Å². The maximum absolute atomic E-state index is 14.0. The number of sulfonamides is 1. The number of halogens is 1. The summed E-state index contributed by atoms with van der Waals surface area (Å²) in [5.74, 6) is 1.08. The van der Waals surface area contributed by atoms with Gasteiger partial charge in [0.05, 0.1) is 11.9 Å². The molecule has 4 aromatic rings. The summed E-state index contributed by atoms with van der Waals surface area (Å²) >= 11 is 0. The van der Waals surface area contributed by atoms with Crippen molar-refractivity contribution in [1.29, 1.82) is 0 Å². The molecule has 1 aliphatic rings. The number of unbranched alkanes of at least 4 members (excludes halogenated alkanes) is 2. The minimum atomic E-state index is -3.51. The van der Waals surface area contributed by atoms with Crippen LogP contribution < -0.4 is 10.9 Å². The lowest BCUT2D eigenvalue weighted by Gasteiger charge is -2.13. The number of rotatable bonds is 9. The van der Waals surface area contributed by atoms with E-state index in [1.807, 2.05) is 4.57 Å². The first kappa shape index (κ1) is 23.4. The van der Waals surface area contributed by atoms with E-state index in [0.29, 0.717) is 55.1 Å². The van der Waals surface area contributed by atoms with E-state index in [-0.39, 0.29) is 11.6 Å². The SMILES string of the molecule is Nc1nc(F)nc2c1nc(Cc1cc3c(cc1-c1ncco1)CCC3)n2CCCCCS(N)(=O)=O. The Morgan fingerprint density at radius 1 is 1.09 bits per heavy atom. The summed E-state index contributed by atoms with van der Waals surface area (Å²) < 4.78 is 43.9. The second-order valence-electron chi connectivity index (χ2n) is 8.80. The van der Waals surface area contributed by atoms with Gasteiger partial charge in [0.1, 0.15) is 12.1 Å². The molecule has 0 saturated heterocycles. The first-order valence-electron chi connectivity index (χ1n) is 11.5. The summed E-state index contributed by atoms with van der Waals surface area (Å²) in [5, 5.41) is 5.09. The summed E-state index contributed by atoms with van der Waals surface area (Å²) in [4.78, 5) is 16.6. The molecule has 184 valence electrons. The van der Waals surface area contributed by atoms with Gasteiger partial charge in [0.25, 0.3) is 0 Å². The summed E-state index contributed by atoms with van der Waals surface area (Å²) in [6.45, 7) is 0.464. The summed E-state index contributed by atoms with van der Waals surface area (Å²) in [6, 6.07) is 4.31. The average Bonchev–Trinajstić information content (AvgIpc) is 3.53. The molecule has 5 rings (SSSR count). The molecule has 0 radical (unpaired) electrons. The molecular weight excluding hydrogens is 473 g/mol. The number of benzene rings is 1. The number of nitrogens with two attached hydrogens (primary N) is 2. The Morgan fingerprint density at radius 2 is 1.89 bits per heavy atom. The van der Waals surface area contributed by atoms with Gasteiger partial charge in [0.15, 0.2) is 17.0 Å². The number of hydrogen-bond donors (Lipinski definition) is 2. The van der Waals surface area contributed by atoms with Gasteiger partial charge in [-0.15, -0.1) is 0 Å². The van der Waals surface area contributed by atoms with Gasteiger partial charge >= 0.3 is 6.08 Å². The van der Waals surface area contributed by atoms with Crippen LogP contribution in [0.4, 0.5) is 10.2 Å². The van der Waals surface area contributed by atoms with Crippen LogP contribution in [0.5, 0.6) is 0 Å². The number of nitrogen functional groups attached to an aromatic ring is 1. The number of imidazole rings is 1. The van der Waals surface area contributed by atoms with Crippen LogP contribution in [0.2, 0.25) is 0 Å². The molecule has 0 unspecified atom stereocenters. The van der Waals surface area contributed by atoms with Crippen LogP contribution >= 0.6 is 0 Å². The van der Waals surface area contributed by atoms with Gasteiger partial charge in [-0.1, -0.05) is 12.5 Å². The fraction of sp³-hybridized carbons (Fsp3) is 0.391. The van der Waals surface area contributed by atoms with E-state index in [1.165, 1.54) is 11.1 Å². The molecule has 35 heavy (non-hydrogen) atoms. The number of hydrogen-bond acceptors (Lipinski definition) is 8. The van der Waals surface area contributed by atoms with E-state index in [2.05, 4.69) is 32.1 Å². The number of aromatic nitrogens is 5. The van der Waals surface area contributed by atoms with Gasteiger partial charge in [-0.3, -0.25) is 0 Å². The van der Waals surface area contributed by atoms with Crippen LogP contribution in [0.15, 0.2) is 29.0 Å². The average molecular weight is 500 g/mol. The van der Waals surface area contributed by atoms with Crippen LogP contribution in [-0.4, -0.2) is 38.7 Å². The van der Waals surface area contributed by atoms with Crippen molar-refractivity contribution in [3.05, 3.63) is 53.2 Å². The Balaban J connectivity index is 1.51. The molecule has 0 atom stereocenters. The van der Waals surface area contributed by atoms with Crippen LogP contribution in [0.3, 0.4) is 0 Å². The Hall–Kier alpha value is -3.38. The molecule has 0 aliphatic heterocycles. The standard InChI is InChI=1S/C23H26FN7O3S/c24-23-29-20(25)19-21(30-23)31(8-2-1-3-10-35(26,32)33)18(28-19)13-16-11-14-5-4-6-15(14)12-17(16)22-27-7-9-34-22/h7,9,11-12H,1-6,8,10,13H2,(H2,25,29,30)(H2,26,32,33). The van der Waals surface area contributed by atoms with Gasteiger partial charge < -0.3 is 14.7 Å². The Labute approximate surface area is 201 Å². The smallest absolute Gasteiger partial charge is 0.312 e. The first-order chi connectivity index (χ1) is 16.8. The summed E-state index contributed by atoms with van der Waals surface area (Å²) in [7, 11) is -3.51. The normalized spacial score (nSPS) is 13.5. The van der Waals surface area contributed by atoms with E-state index in [4.69, 9.17) is 15.3 Å². The molecule has 0 fully saturated rings. The van der Waals surface area contributed by atoms with Crippen molar-refractivity contribution < 1.29 is 17.2 Å². The maximum Gasteiger partial charge on any atom is 0.312 e.